The first kappa shape index (κ1) is 34.8. The first-order valence-electron chi connectivity index (χ1n) is 16.1. The van der Waals surface area contributed by atoms with Gasteiger partial charge in [-0.1, -0.05) is 17.7 Å². The number of rotatable bonds is 15. The number of carbonyl (C=O) groups excluding carboxylic acids is 1. The molecule has 2 aromatic rings. The van der Waals surface area contributed by atoms with Crippen molar-refractivity contribution < 1.29 is 39.5 Å². The van der Waals surface area contributed by atoms with Crippen molar-refractivity contribution in [3.8, 4) is 5.75 Å². The van der Waals surface area contributed by atoms with Gasteiger partial charge in [-0.15, -0.1) is 0 Å². The Kier molecular flexibility index (Phi) is 12.2. The van der Waals surface area contributed by atoms with Crippen LogP contribution in [0.25, 0.3) is 0 Å². The minimum atomic E-state index is -1.66. The summed E-state index contributed by atoms with van der Waals surface area (Å²) in [6.45, 7) is 4.02. The maximum absolute atomic E-state index is 15.3. The van der Waals surface area contributed by atoms with E-state index in [1.54, 1.807) is 24.5 Å². The third-order valence-electron chi connectivity index (χ3n) is 9.70. The van der Waals surface area contributed by atoms with Crippen molar-refractivity contribution in [1.82, 2.24) is 19.8 Å². The number of aliphatic hydroxyl groups is 5. The van der Waals surface area contributed by atoms with E-state index in [0.717, 1.165) is 45.1 Å². The summed E-state index contributed by atoms with van der Waals surface area (Å²) in [6.07, 6.45) is 1.85. The van der Waals surface area contributed by atoms with Crippen LogP contribution in [0.4, 0.5) is 10.3 Å². The lowest BCUT2D eigenvalue weighted by Crippen LogP contribution is -2.49. The number of ether oxygens (including phenoxy) is 1. The predicted octanol–water partition coefficient (Wildman–Crippen LogP) is 0.884. The Morgan fingerprint density at radius 2 is 1.65 bits per heavy atom. The van der Waals surface area contributed by atoms with Crippen LogP contribution in [0.5, 0.6) is 5.75 Å². The van der Waals surface area contributed by atoms with E-state index in [0.29, 0.717) is 61.0 Å². The second-order valence-corrected chi connectivity index (χ2v) is 13.3. The lowest BCUT2D eigenvalue weighted by molar-refractivity contribution is -0.119. The Morgan fingerprint density at radius 3 is 2.26 bits per heavy atom. The monoisotopic (exact) mass is 665 g/mol. The van der Waals surface area contributed by atoms with Crippen LogP contribution in [-0.2, 0) is 4.79 Å². The number of halogens is 2. The number of likely N-dealkylation sites (tertiary alicyclic amines) is 2. The summed E-state index contributed by atoms with van der Waals surface area (Å²) in [7, 11) is 0. The fraction of sp³-hybridized carbons (Fsp3) is 0.656. The molecule has 0 amide bonds. The number of piperidine rings is 1. The number of hydrogen-bond acceptors (Lipinski definition) is 12. The lowest BCUT2D eigenvalue weighted by atomic mass is 9.92. The summed E-state index contributed by atoms with van der Waals surface area (Å²) < 4.78 is 21.1. The number of aliphatic hydroxyl groups excluding tert-OH is 5. The smallest absolute Gasteiger partial charge is 0.225 e. The molecule has 3 fully saturated rings. The molecule has 46 heavy (non-hydrogen) atoms. The molecule has 3 aliphatic heterocycles. The molecule has 14 heteroatoms. The Morgan fingerprint density at radius 1 is 1.00 bits per heavy atom. The molecule has 254 valence electrons. The summed E-state index contributed by atoms with van der Waals surface area (Å²) in [5.74, 6) is 1.64. The van der Waals surface area contributed by atoms with Crippen LogP contribution >= 0.6 is 11.6 Å². The average molecular weight is 666 g/mol. The van der Waals surface area contributed by atoms with Crippen LogP contribution in [0.3, 0.4) is 0 Å². The first-order chi connectivity index (χ1) is 22.2. The molecular weight excluding hydrogens is 621 g/mol. The van der Waals surface area contributed by atoms with Gasteiger partial charge in [0.1, 0.15) is 36.2 Å². The van der Waals surface area contributed by atoms with Gasteiger partial charge in [-0.2, -0.15) is 0 Å². The van der Waals surface area contributed by atoms with Gasteiger partial charge in [0.25, 0.3) is 0 Å². The number of aromatic nitrogens is 2. The van der Waals surface area contributed by atoms with Crippen LogP contribution < -0.4 is 9.64 Å². The van der Waals surface area contributed by atoms with Gasteiger partial charge >= 0.3 is 0 Å². The number of benzene rings is 1. The largest absolute Gasteiger partial charge is 0.493 e. The van der Waals surface area contributed by atoms with Crippen LogP contribution in [0, 0.1) is 23.6 Å². The highest BCUT2D eigenvalue weighted by atomic mass is 35.5. The topological polar surface area (TPSA) is 163 Å². The fourth-order valence-electron chi connectivity index (χ4n) is 7.08. The lowest BCUT2D eigenvalue weighted by Gasteiger charge is -2.32. The second-order valence-electron chi connectivity index (χ2n) is 12.9. The van der Waals surface area contributed by atoms with Gasteiger partial charge in [0.2, 0.25) is 5.95 Å². The Bertz CT molecular complexity index is 1260. The summed E-state index contributed by atoms with van der Waals surface area (Å²) in [6, 6.07) is 3.97. The number of fused-ring (bicyclic) bond motifs is 1. The predicted molar refractivity (Wildman–Crippen MR) is 168 cm³/mol. The highest BCUT2D eigenvalue weighted by Gasteiger charge is 2.43. The van der Waals surface area contributed by atoms with Crippen molar-refractivity contribution in [2.24, 2.45) is 17.8 Å². The van der Waals surface area contributed by atoms with Gasteiger partial charge in [0.05, 0.1) is 42.8 Å². The van der Waals surface area contributed by atoms with E-state index in [-0.39, 0.29) is 18.4 Å². The number of aldehydes is 1. The van der Waals surface area contributed by atoms with Gasteiger partial charge < -0.3 is 40.0 Å². The third-order valence-corrected chi connectivity index (χ3v) is 9.90. The molecule has 1 aromatic heterocycles. The minimum absolute atomic E-state index is 0.0928. The van der Waals surface area contributed by atoms with Gasteiger partial charge in [-0.05, 0) is 49.5 Å². The quantitative estimate of drug-likeness (QED) is 0.135. The molecule has 0 radical (unpaired) electrons. The number of anilines is 1. The second kappa shape index (κ2) is 16.1. The molecule has 7 atom stereocenters. The number of carbonyl (C=O) groups is 1. The van der Waals surface area contributed by atoms with E-state index in [1.807, 2.05) is 9.80 Å². The van der Waals surface area contributed by atoms with Crippen molar-refractivity contribution in [2.75, 3.05) is 63.9 Å². The van der Waals surface area contributed by atoms with E-state index in [1.165, 1.54) is 6.07 Å². The summed E-state index contributed by atoms with van der Waals surface area (Å²) in [4.78, 5) is 26.9. The summed E-state index contributed by atoms with van der Waals surface area (Å²) in [5, 5.41) is 49.4. The van der Waals surface area contributed by atoms with E-state index in [2.05, 4.69) is 14.9 Å². The van der Waals surface area contributed by atoms with Gasteiger partial charge in [0.15, 0.2) is 0 Å². The Labute approximate surface area is 273 Å². The van der Waals surface area contributed by atoms with Crippen molar-refractivity contribution in [3.05, 3.63) is 47.0 Å². The SMILES string of the molecule is O=CC(c1ccc(OCCCC2CCN(c3ncc(Cl)cn3)CC2)cc1F)N1C[C@H]2CN(C[C@H](O)[C@@H](O)[C@H](O)[C@H](O)CO)C[C@H]2C1. The first-order valence-corrected chi connectivity index (χ1v) is 16.4. The third kappa shape index (κ3) is 8.50. The molecule has 0 spiro atoms. The van der Waals surface area contributed by atoms with Crippen molar-refractivity contribution in [1.29, 1.82) is 0 Å². The standard InChI is InChI=1S/C32H45ClFN5O7/c33-23-11-35-32(36-12-23)38-7-5-20(6-8-38)2-1-9-46-24-3-4-25(26(34)10-24)27(18-40)39-15-21-13-37(14-22(21)16-39)17-28(42)30(44)31(45)29(43)19-41/h3-4,10-12,18,20-22,27-31,41-45H,1-2,5-9,13-17,19H2/t21-,22+,27?,28-,29+,30+,31+/m0/s1. The molecule has 5 rings (SSSR count). The molecule has 3 aliphatic rings. The zero-order chi connectivity index (χ0) is 32.8. The Hall–Kier alpha value is -2.49. The molecule has 1 aromatic carbocycles. The normalized spacial score (nSPS) is 24.4. The van der Waals surface area contributed by atoms with Crippen LogP contribution in [0.15, 0.2) is 30.6 Å². The van der Waals surface area contributed by atoms with Gasteiger partial charge in [-0.25, -0.2) is 14.4 Å². The van der Waals surface area contributed by atoms with Crippen molar-refractivity contribution in [3.63, 3.8) is 0 Å². The van der Waals surface area contributed by atoms with Crippen molar-refractivity contribution >= 4 is 23.8 Å². The molecule has 4 heterocycles. The molecular formula is C32H45ClFN5O7. The van der Waals surface area contributed by atoms with E-state index in [9.17, 15) is 25.2 Å². The average Bonchev–Trinajstić information content (AvgIpc) is 3.62. The Balaban J connectivity index is 1.04. The van der Waals surface area contributed by atoms with E-state index < -0.39 is 42.9 Å². The molecule has 0 aliphatic carbocycles. The van der Waals surface area contributed by atoms with Crippen molar-refractivity contribution in [2.45, 2.75) is 56.1 Å². The number of β-amino-alcohol motifs (C(OH)–C–C–N with tert-alkyl or cyclic N) is 1. The summed E-state index contributed by atoms with van der Waals surface area (Å²) in [5.41, 5.74) is 0.311. The van der Waals surface area contributed by atoms with Crippen LogP contribution in [0.1, 0.15) is 37.3 Å². The molecule has 3 saturated heterocycles. The maximum atomic E-state index is 15.3. The van der Waals surface area contributed by atoms with Crippen LogP contribution in [0.2, 0.25) is 5.02 Å². The zero-order valence-corrected chi connectivity index (χ0v) is 26.6. The highest BCUT2D eigenvalue weighted by Crippen LogP contribution is 2.36. The molecule has 5 N–H and O–H groups in total. The van der Waals surface area contributed by atoms with E-state index >= 15 is 4.39 Å². The molecule has 1 unspecified atom stereocenters. The highest BCUT2D eigenvalue weighted by molar-refractivity contribution is 6.30. The van der Waals surface area contributed by atoms with Gasteiger partial charge in [0, 0.05) is 57.4 Å². The number of nitrogens with zero attached hydrogens (tertiary/aromatic N) is 5. The van der Waals surface area contributed by atoms with Gasteiger partial charge in [-0.3, -0.25) is 9.80 Å². The molecule has 0 saturated carbocycles. The molecule has 0 bridgehead atoms. The zero-order valence-electron chi connectivity index (χ0n) is 25.8. The minimum Gasteiger partial charge on any atom is -0.493 e. The molecule has 12 nitrogen and oxygen atoms in total. The summed E-state index contributed by atoms with van der Waals surface area (Å²) >= 11 is 5.89. The fourth-order valence-corrected chi connectivity index (χ4v) is 7.18. The maximum Gasteiger partial charge on any atom is 0.225 e. The number of hydrogen-bond donors (Lipinski definition) is 5. The van der Waals surface area contributed by atoms with Crippen LogP contribution in [-0.4, -0.2) is 135 Å². The van der Waals surface area contributed by atoms with E-state index in [4.69, 9.17) is 21.4 Å².